The Morgan fingerprint density at radius 3 is 3.11 bits per heavy atom. The first-order valence-electron chi connectivity index (χ1n) is 9.67. The minimum Gasteiger partial charge on any atom is -0.632 e. The molecule has 2 N–H and O–H groups in total. The summed E-state index contributed by atoms with van der Waals surface area (Å²) < 4.78 is -0.410. The quantitative estimate of drug-likeness (QED) is 0.452. The fourth-order valence-electron chi connectivity index (χ4n) is 4.30. The lowest BCUT2D eigenvalue weighted by Crippen LogP contribution is -2.47. The SMILES string of the molecule is CCN[C@@H]1N=C2C(=CN1)C[N+]([O-])(Cc1ccc(C#N)nc1Cl)CC1CCCN21. The van der Waals surface area contributed by atoms with Crippen molar-refractivity contribution in [3.63, 3.8) is 0 Å². The summed E-state index contributed by atoms with van der Waals surface area (Å²) in [7, 11) is 0. The van der Waals surface area contributed by atoms with Gasteiger partial charge in [-0.05, 0) is 31.5 Å². The van der Waals surface area contributed by atoms with E-state index in [0.29, 0.717) is 18.7 Å². The summed E-state index contributed by atoms with van der Waals surface area (Å²) in [6.45, 7) is 4.82. The fourth-order valence-corrected chi connectivity index (χ4v) is 4.51. The molecule has 148 valence electrons. The van der Waals surface area contributed by atoms with Crippen LogP contribution in [0.3, 0.4) is 0 Å². The molecule has 0 saturated carbocycles. The molecule has 2 unspecified atom stereocenters. The zero-order valence-electron chi connectivity index (χ0n) is 15.9. The summed E-state index contributed by atoms with van der Waals surface area (Å²) in [5.74, 6) is 0.937. The van der Waals surface area contributed by atoms with Gasteiger partial charge in [0.1, 0.15) is 35.8 Å². The molecular weight excluding hydrogens is 378 g/mol. The third kappa shape index (κ3) is 3.71. The molecule has 8 nitrogen and oxygen atoms in total. The molecule has 1 aromatic rings. The van der Waals surface area contributed by atoms with Crippen molar-refractivity contribution in [3.8, 4) is 6.07 Å². The lowest BCUT2D eigenvalue weighted by Gasteiger charge is -2.43. The minimum absolute atomic E-state index is 0.158. The summed E-state index contributed by atoms with van der Waals surface area (Å²) in [5.41, 5.74) is 1.87. The van der Waals surface area contributed by atoms with Gasteiger partial charge in [-0.1, -0.05) is 18.5 Å². The van der Waals surface area contributed by atoms with E-state index in [4.69, 9.17) is 21.9 Å². The van der Waals surface area contributed by atoms with Crippen molar-refractivity contribution in [2.45, 2.75) is 38.6 Å². The number of rotatable bonds is 4. The highest BCUT2D eigenvalue weighted by atomic mass is 35.5. The Morgan fingerprint density at radius 1 is 1.50 bits per heavy atom. The number of halogens is 1. The van der Waals surface area contributed by atoms with Gasteiger partial charge in [0, 0.05) is 18.3 Å². The Bertz CT molecular complexity index is 864. The van der Waals surface area contributed by atoms with Gasteiger partial charge in [0.2, 0.25) is 0 Å². The maximum Gasteiger partial charge on any atom is 0.175 e. The lowest BCUT2D eigenvalue weighted by molar-refractivity contribution is -0.889. The Labute approximate surface area is 169 Å². The van der Waals surface area contributed by atoms with Crippen LogP contribution in [-0.2, 0) is 6.54 Å². The van der Waals surface area contributed by atoms with Crippen molar-refractivity contribution in [1.29, 1.82) is 5.26 Å². The number of fused-ring (bicyclic) bond motifs is 3. The molecule has 0 amide bonds. The molecule has 2 saturated heterocycles. The maximum atomic E-state index is 13.8. The number of aliphatic imine (C=N–C) groups is 1. The average Bonchev–Trinajstić information content (AvgIpc) is 3.08. The molecule has 2 fully saturated rings. The van der Waals surface area contributed by atoms with Crippen molar-refractivity contribution in [2.75, 3.05) is 26.2 Å². The standard InChI is InChI=1S/C19H24ClN7O/c1-2-22-19-23-9-14-11-27(28,10-13-5-6-15(8-21)24-17(13)20)12-16-4-3-7-26(16)18(14)25-19/h5-6,9,16,19,22-23H,2-4,7,10-12H2,1H3/t16?,19-,27?/m0/s1. The molecule has 1 aromatic heterocycles. The van der Waals surface area contributed by atoms with Gasteiger partial charge in [0.25, 0.3) is 0 Å². The summed E-state index contributed by atoms with van der Waals surface area (Å²) in [4.78, 5) is 11.2. The van der Waals surface area contributed by atoms with Gasteiger partial charge < -0.3 is 20.1 Å². The smallest absolute Gasteiger partial charge is 0.175 e. The first kappa shape index (κ1) is 19.2. The van der Waals surface area contributed by atoms with E-state index in [2.05, 4.69) is 20.5 Å². The van der Waals surface area contributed by atoms with Gasteiger partial charge in [0.15, 0.2) is 6.29 Å². The highest BCUT2D eigenvalue weighted by molar-refractivity contribution is 6.30. The highest BCUT2D eigenvalue weighted by Crippen LogP contribution is 2.32. The second-order valence-corrected chi connectivity index (χ2v) is 7.91. The van der Waals surface area contributed by atoms with Crippen LogP contribution in [0.15, 0.2) is 28.9 Å². The predicted molar refractivity (Wildman–Crippen MR) is 107 cm³/mol. The zero-order valence-corrected chi connectivity index (χ0v) is 16.6. The van der Waals surface area contributed by atoms with Crippen LogP contribution in [0.2, 0.25) is 5.15 Å². The molecule has 9 heteroatoms. The van der Waals surface area contributed by atoms with Crippen LogP contribution in [0.1, 0.15) is 31.0 Å². The van der Waals surface area contributed by atoms with Gasteiger partial charge in [-0.3, -0.25) is 5.32 Å². The van der Waals surface area contributed by atoms with E-state index < -0.39 is 4.65 Å². The predicted octanol–water partition coefficient (Wildman–Crippen LogP) is 1.68. The number of nitrogens with one attached hydrogen (secondary N) is 2. The van der Waals surface area contributed by atoms with Crippen molar-refractivity contribution in [1.82, 2.24) is 20.5 Å². The summed E-state index contributed by atoms with van der Waals surface area (Å²) >= 11 is 6.25. The normalized spacial score (nSPS) is 29.0. The van der Waals surface area contributed by atoms with Gasteiger partial charge in [-0.25, -0.2) is 9.98 Å². The number of quaternary nitrogens is 1. The van der Waals surface area contributed by atoms with E-state index in [-0.39, 0.29) is 29.7 Å². The minimum atomic E-state index is -0.410. The monoisotopic (exact) mass is 401 g/mol. The fraction of sp³-hybridized carbons (Fsp3) is 0.526. The van der Waals surface area contributed by atoms with E-state index >= 15 is 0 Å². The second kappa shape index (κ2) is 7.68. The van der Waals surface area contributed by atoms with Gasteiger partial charge in [0.05, 0.1) is 18.2 Å². The molecule has 3 atom stereocenters. The number of pyridine rings is 1. The Morgan fingerprint density at radius 2 is 2.36 bits per heavy atom. The van der Waals surface area contributed by atoms with Crippen molar-refractivity contribution >= 4 is 17.4 Å². The maximum absolute atomic E-state index is 13.8. The van der Waals surface area contributed by atoms with Gasteiger partial charge in [-0.15, -0.1) is 0 Å². The largest absolute Gasteiger partial charge is 0.632 e. The number of nitrogens with zero attached hydrogens (tertiary/aromatic N) is 5. The number of amidine groups is 1. The third-order valence-electron chi connectivity index (χ3n) is 5.50. The molecule has 28 heavy (non-hydrogen) atoms. The molecule has 0 spiro atoms. The van der Waals surface area contributed by atoms with E-state index in [1.165, 1.54) is 0 Å². The van der Waals surface area contributed by atoms with Crippen molar-refractivity contribution < 1.29 is 4.65 Å². The molecule has 3 aliphatic rings. The van der Waals surface area contributed by atoms with Crippen LogP contribution >= 0.6 is 11.6 Å². The molecule has 4 heterocycles. The molecule has 4 rings (SSSR count). The van der Waals surface area contributed by atoms with Gasteiger partial charge in [-0.2, -0.15) is 5.26 Å². The summed E-state index contributed by atoms with van der Waals surface area (Å²) in [6, 6.07) is 5.51. The number of nitriles is 1. The zero-order chi connectivity index (χ0) is 19.7. The molecule has 3 aliphatic heterocycles. The highest BCUT2D eigenvalue weighted by Gasteiger charge is 2.40. The Balaban J connectivity index is 1.63. The van der Waals surface area contributed by atoms with Crippen LogP contribution in [0, 0.1) is 16.5 Å². The summed E-state index contributed by atoms with van der Waals surface area (Å²) in [5, 5.41) is 29.6. The van der Waals surface area contributed by atoms with E-state index in [1.54, 1.807) is 12.1 Å². The van der Waals surface area contributed by atoms with E-state index in [9.17, 15) is 5.21 Å². The number of hydroxylamine groups is 3. The number of hydrogen-bond donors (Lipinski definition) is 2. The van der Waals surface area contributed by atoms with E-state index in [1.807, 2.05) is 19.2 Å². The van der Waals surface area contributed by atoms with Crippen molar-refractivity contribution in [3.05, 3.63) is 45.5 Å². The molecule has 0 bridgehead atoms. The molecule has 0 aliphatic carbocycles. The second-order valence-electron chi connectivity index (χ2n) is 7.55. The first-order chi connectivity index (χ1) is 13.5. The van der Waals surface area contributed by atoms with Crippen LogP contribution in [0.4, 0.5) is 0 Å². The molecular formula is C19H24ClN7O. The molecule has 0 radical (unpaired) electrons. The third-order valence-corrected chi connectivity index (χ3v) is 5.83. The number of hydrogen-bond acceptors (Lipinski definition) is 7. The van der Waals surface area contributed by atoms with Crippen LogP contribution in [0.25, 0.3) is 0 Å². The lowest BCUT2D eigenvalue weighted by atomic mass is 10.1. The first-order valence-corrected chi connectivity index (χ1v) is 10.0. The number of aromatic nitrogens is 1. The molecule has 0 aromatic carbocycles. The Hall–Kier alpha value is -2.18. The topological polar surface area (TPSA) is 99.4 Å². The van der Waals surface area contributed by atoms with Crippen molar-refractivity contribution in [2.24, 2.45) is 4.99 Å². The van der Waals surface area contributed by atoms with Crippen LogP contribution < -0.4 is 10.6 Å². The average molecular weight is 402 g/mol. The summed E-state index contributed by atoms with van der Waals surface area (Å²) in [6.07, 6.45) is 3.83. The van der Waals surface area contributed by atoms with Crippen LogP contribution in [0.5, 0.6) is 0 Å². The van der Waals surface area contributed by atoms with Gasteiger partial charge >= 0.3 is 0 Å². The van der Waals surface area contributed by atoms with Crippen LogP contribution in [-0.4, -0.2) is 58.9 Å². The van der Waals surface area contributed by atoms with E-state index in [0.717, 1.165) is 37.3 Å². The Kier molecular flexibility index (Phi) is 5.25.